The van der Waals surface area contributed by atoms with Crippen LogP contribution in [-0.4, -0.2) is 65.4 Å². The van der Waals surface area contributed by atoms with E-state index in [2.05, 4.69) is 18.7 Å². The first-order valence-electron chi connectivity index (χ1n) is 12.7. The highest BCUT2D eigenvalue weighted by Gasteiger charge is 2.78. The molecule has 2 bridgehead atoms. The van der Waals surface area contributed by atoms with Gasteiger partial charge >= 0.3 is 0 Å². The Morgan fingerprint density at radius 3 is 2.83 bits per heavy atom. The van der Waals surface area contributed by atoms with Crippen LogP contribution in [0.1, 0.15) is 71.6 Å². The lowest BCUT2D eigenvalue weighted by molar-refractivity contribution is -0.272. The number of aliphatic hydroxyl groups is 1. The highest BCUT2D eigenvalue weighted by atomic mass is 16.5. The summed E-state index contributed by atoms with van der Waals surface area (Å²) in [4.78, 5) is 16.0. The van der Waals surface area contributed by atoms with Gasteiger partial charge in [-0.2, -0.15) is 0 Å². The Hall–Kier alpha value is -0.490. The molecule has 6 aliphatic rings. The molecule has 2 saturated heterocycles. The molecule has 0 aromatic carbocycles. The quantitative estimate of drug-likeness (QED) is 0.719. The van der Waals surface area contributed by atoms with Crippen LogP contribution in [0, 0.1) is 29.1 Å². The Morgan fingerprint density at radius 1 is 1.23 bits per heavy atom. The maximum Gasteiger partial charge on any atom is 0.162 e. The number of aliphatic hydroxyl groups excluding tert-OH is 1. The average Bonchev–Trinajstić information content (AvgIpc) is 3.45. The van der Waals surface area contributed by atoms with E-state index in [9.17, 15) is 9.90 Å². The highest BCUT2D eigenvalue weighted by molar-refractivity contribution is 5.86. The molecule has 0 aromatic heterocycles. The van der Waals surface area contributed by atoms with Gasteiger partial charge in [-0.15, -0.1) is 0 Å². The number of likely N-dealkylation sites (tertiary alicyclic amines) is 1. The van der Waals surface area contributed by atoms with Crippen LogP contribution in [-0.2, 0) is 14.3 Å². The number of carbonyl (C=O) groups is 1. The number of hydrogen-bond donors (Lipinski definition) is 1. The Labute approximate surface area is 180 Å². The van der Waals surface area contributed by atoms with E-state index >= 15 is 0 Å². The summed E-state index contributed by atoms with van der Waals surface area (Å²) in [6.07, 6.45) is 8.34. The van der Waals surface area contributed by atoms with Crippen LogP contribution in [0.3, 0.4) is 0 Å². The summed E-state index contributed by atoms with van der Waals surface area (Å²) in [6, 6.07) is 0.411. The van der Waals surface area contributed by atoms with E-state index in [-0.39, 0.29) is 34.9 Å². The van der Waals surface area contributed by atoms with Gasteiger partial charge in [-0.05, 0) is 75.7 Å². The fraction of sp³-hybridized carbons (Fsp3) is 0.960. The van der Waals surface area contributed by atoms with Gasteiger partial charge in [0, 0.05) is 36.9 Å². The van der Waals surface area contributed by atoms with Crippen molar-refractivity contribution in [1.29, 1.82) is 0 Å². The van der Waals surface area contributed by atoms with Crippen molar-refractivity contribution in [2.75, 3.05) is 19.7 Å². The van der Waals surface area contributed by atoms with E-state index in [0.29, 0.717) is 24.3 Å². The monoisotopic (exact) mass is 417 g/mol. The minimum absolute atomic E-state index is 0.167. The second-order valence-corrected chi connectivity index (χ2v) is 11.8. The Kier molecular flexibility index (Phi) is 4.70. The lowest BCUT2D eigenvalue weighted by Crippen LogP contribution is -2.78. The minimum Gasteiger partial charge on any atom is -0.390 e. The van der Waals surface area contributed by atoms with Crippen molar-refractivity contribution in [3.63, 3.8) is 0 Å². The SMILES string of the molecule is CC(C)CCO[C@]12CCC(=O)[C@@H]3OC4C(O)CCC5CC1N(CC1CC1)CC[C@]32C54. The van der Waals surface area contributed by atoms with Gasteiger partial charge < -0.3 is 14.6 Å². The normalized spacial score (nSPS) is 50.1. The van der Waals surface area contributed by atoms with Crippen LogP contribution in [0.15, 0.2) is 0 Å². The lowest BCUT2D eigenvalue weighted by Gasteiger charge is -2.69. The molecule has 5 heteroatoms. The Balaban J connectivity index is 1.44. The van der Waals surface area contributed by atoms with E-state index in [1.807, 2.05) is 0 Å². The standard InChI is InChI=1S/C25H39NO4/c1-15(2)8-12-29-25-9-7-19(28)23-24(25)10-11-26(14-16-3-4-16)20(25)13-17-5-6-18(27)22(30-23)21(17)24/h15-18,20-23,27H,3-14H2,1-2H3/t17?,18?,20?,21?,22?,23-,24-,25+/m0/s1. The average molecular weight is 418 g/mol. The molecule has 1 spiro atoms. The predicted molar refractivity (Wildman–Crippen MR) is 113 cm³/mol. The maximum atomic E-state index is 13.2. The zero-order valence-electron chi connectivity index (χ0n) is 18.7. The van der Waals surface area contributed by atoms with Crippen LogP contribution < -0.4 is 0 Å². The molecule has 0 amide bonds. The third-order valence-electron chi connectivity index (χ3n) is 9.82. The van der Waals surface area contributed by atoms with E-state index in [1.165, 1.54) is 19.4 Å². The Bertz CT molecular complexity index is 707. The minimum atomic E-state index is -0.423. The number of rotatable bonds is 6. The van der Waals surface area contributed by atoms with Gasteiger partial charge in [0.15, 0.2) is 5.78 Å². The molecule has 0 aromatic rings. The number of hydrogen-bond acceptors (Lipinski definition) is 5. The third kappa shape index (κ3) is 2.64. The fourth-order valence-corrected chi connectivity index (χ4v) is 8.40. The van der Waals surface area contributed by atoms with E-state index < -0.39 is 6.10 Å². The summed E-state index contributed by atoms with van der Waals surface area (Å²) in [5, 5.41) is 10.9. The number of piperidine rings is 1. The third-order valence-corrected chi connectivity index (χ3v) is 9.82. The summed E-state index contributed by atoms with van der Waals surface area (Å²) < 4.78 is 13.6. The van der Waals surface area contributed by atoms with Gasteiger partial charge in [0.05, 0.1) is 17.8 Å². The van der Waals surface area contributed by atoms with Gasteiger partial charge in [0.25, 0.3) is 0 Å². The smallest absolute Gasteiger partial charge is 0.162 e. The van der Waals surface area contributed by atoms with Gasteiger partial charge in [-0.25, -0.2) is 0 Å². The van der Waals surface area contributed by atoms with Crippen molar-refractivity contribution in [2.24, 2.45) is 29.1 Å². The van der Waals surface area contributed by atoms with Crippen LogP contribution in [0.2, 0.25) is 0 Å². The summed E-state index contributed by atoms with van der Waals surface area (Å²) >= 11 is 0. The molecule has 4 aliphatic carbocycles. The van der Waals surface area contributed by atoms with Gasteiger partial charge in [0.2, 0.25) is 0 Å². The van der Waals surface area contributed by atoms with Crippen molar-refractivity contribution >= 4 is 5.78 Å². The first-order valence-corrected chi connectivity index (χ1v) is 12.7. The van der Waals surface area contributed by atoms with Gasteiger partial charge in [-0.1, -0.05) is 13.8 Å². The first kappa shape index (κ1) is 20.1. The van der Waals surface area contributed by atoms with Crippen molar-refractivity contribution < 1.29 is 19.4 Å². The fourth-order valence-electron chi connectivity index (χ4n) is 8.40. The molecule has 2 aliphatic heterocycles. The largest absolute Gasteiger partial charge is 0.390 e. The molecule has 5 nitrogen and oxygen atoms in total. The van der Waals surface area contributed by atoms with E-state index in [4.69, 9.17) is 9.47 Å². The van der Waals surface area contributed by atoms with Crippen LogP contribution in [0.25, 0.3) is 0 Å². The topological polar surface area (TPSA) is 59.0 Å². The van der Waals surface area contributed by atoms with Crippen LogP contribution in [0.4, 0.5) is 0 Å². The number of ether oxygens (including phenoxy) is 2. The molecular formula is C25H39NO4. The summed E-state index contributed by atoms with van der Waals surface area (Å²) in [5.74, 6) is 2.60. The maximum absolute atomic E-state index is 13.2. The molecular weight excluding hydrogens is 378 g/mol. The summed E-state index contributed by atoms with van der Waals surface area (Å²) in [7, 11) is 0. The number of ketones is 1. The number of carbonyl (C=O) groups excluding carboxylic acids is 1. The molecule has 168 valence electrons. The first-order chi connectivity index (χ1) is 14.5. The second kappa shape index (κ2) is 7.00. The molecule has 2 heterocycles. The van der Waals surface area contributed by atoms with Crippen molar-refractivity contribution in [3.8, 4) is 0 Å². The summed E-state index contributed by atoms with van der Waals surface area (Å²) in [6.45, 7) is 7.57. The summed E-state index contributed by atoms with van der Waals surface area (Å²) in [5.41, 5.74) is -0.500. The van der Waals surface area contributed by atoms with Gasteiger partial charge in [-0.3, -0.25) is 9.69 Å². The molecule has 30 heavy (non-hydrogen) atoms. The Morgan fingerprint density at radius 2 is 2.07 bits per heavy atom. The lowest BCUT2D eigenvalue weighted by atomic mass is 9.42. The van der Waals surface area contributed by atoms with E-state index in [0.717, 1.165) is 57.6 Å². The zero-order valence-corrected chi connectivity index (χ0v) is 18.7. The van der Waals surface area contributed by atoms with Crippen LogP contribution in [0.5, 0.6) is 0 Å². The molecule has 6 fully saturated rings. The highest BCUT2D eigenvalue weighted by Crippen LogP contribution is 2.70. The number of Topliss-reactive ketones (excluding diaryl/α,β-unsaturated/α-hetero) is 1. The zero-order chi connectivity index (χ0) is 20.7. The molecule has 4 saturated carbocycles. The van der Waals surface area contributed by atoms with Crippen molar-refractivity contribution in [3.05, 3.63) is 0 Å². The molecule has 6 rings (SSSR count). The van der Waals surface area contributed by atoms with Crippen molar-refractivity contribution in [2.45, 2.75) is 102 Å². The number of nitrogens with zero attached hydrogens (tertiary/aromatic N) is 1. The second-order valence-electron chi connectivity index (χ2n) is 11.8. The molecule has 8 atom stereocenters. The van der Waals surface area contributed by atoms with Gasteiger partial charge in [0.1, 0.15) is 6.10 Å². The van der Waals surface area contributed by atoms with Crippen molar-refractivity contribution in [1.82, 2.24) is 4.90 Å². The molecule has 0 radical (unpaired) electrons. The van der Waals surface area contributed by atoms with E-state index in [1.54, 1.807) is 0 Å². The predicted octanol–water partition coefficient (Wildman–Crippen LogP) is 3.18. The molecule has 1 N–H and O–H groups in total. The van der Waals surface area contributed by atoms with Crippen LogP contribution >= 0.6 is 0 Å². The molecule has 5 unspecified atom stereocenters.